The standard InChI is InChI=1S/C24H31F2N4O3/c1-3-9-24(25,26)21-7-8-22-29(21)11-10-27-30(22)14-12-28(13-15-30)23(32)18-5-6-19(17-31)20(16-18)33-4-2/h3,5-8,16,27,31H,1,4,9-15,17H2,2H3/q+1. The molecule has 33 heavy (non-hydrogen) atoms. The number of ether oxygens (including phenoxy) is 1. The number of carbonyl (C=O) groups is 1. The predicted molar refractivity (Wildman–Crippen MR) is 122 cm³/mol. The summed E-state index contributed by atoms with van der Waals surface area (Å²) in [5.74, 6) is -1.75. The Morgan fingerprint density at radius 3 is 2.70 bits per heavy atom. The Kier molecular flexibility index (Phi) is 6.56. The van der Waals surface area contributed by atoms with E-state index >= 15 is 0 Å². The van der Waals surface area contributed by atoms with Gasteiger partial charge in [-0.25, -0.2) is 0 Å². The fraction of sp³-hybridized carbons (Fsp3) is 0.458. The van der Waals surface area contributed by atoms with Gasteiger partial charge >= 0.3 is 0 Å². The number of aliphatic hydroxyl groups excluding tert-OH is 1. The zero-order chi connectivity index (χ0) is 23.6. The molecule has 1 fully saturated rings. The van der Waals surface area contributed by atoms with Crippen molar-refractivity contribution in [3.8, 4) is 5.75 Å². The molecule has 2 N–H and O–H groups in total. The Balaban J connectivity index is 1.52. The number of nitrogens with zero attached hydrogens (tertiary/aromatic N) is 3. The molecule has 7 nitrogen and oxygen atoms in total. The van der Waals surface area contributed by atoms with Gasteiger partial charge in [0.1, 0.15) is 18.8 Å². The van der Waals surface area contributed by atoms with Gasteiger partial charge in [0.15, 0.2) is 0 Å². The van der Waals surface area contributed by atoms with Gasteiger partial charge in [0.05, 0.1) is 38.5 Å². The topological polar surface area (TPSA) is 66.7 Å². The number of aliphatic hydroxyl groups is 1. The van der Waals surface area contributed by atoms with Crippen LogP contribution in [0.4, 0.5) is 14.6 Å². The molecule has 2 aliphatic heterocycles. The van der Waals surface area contributed by atoms with Crippen molar-refractivity contribution in [3.63, 3.8) is 0 Å². The van der Waals surface area contributed by atoms with Crippen molar-refractivity contribution < 1.29 is 23.4 Å². The average molecular weight is 462 g/mol. The molecule has 1 spiro atoms. The highest BCUT2D eigenvalue weighted by molar-refractivity contribution is 5.95. The number of nitrogens with one attached hydrogen (secondary N) is 1. The van der Waals surface area contributed by atoms with Crippen molar-refractivity contribution in [1.82, 2.24) is 19.5 Å². The van der Waals surface area contributed by atoms with Crippen LogP contribution in [-0.2, 0) is 19.1 Å². The van der Waals surface area contributed by atoms with E-state index < -0.39 is 12.3 Å². The molecule has 0 aliphatic carbocycles. The van der Waals surface area contributed by atoms with E-state index in [2.05, 4.69) is 12.0 Å². The number of piperazine rings is 1. The molecule has 1 aromatic carbocycles. The lowest BCUT2D eigenvalue weighted by Gasteiger charge is -2.46. The fourth-order valence-corrected chi connectivity index (χ4v) is 4.81. The molecule has 9 heteroatoms. The molecule has 3 heterocycles. The van der Waals surface area contributed by atoms with Crippen LogP contribution < -0.4 is 14.8 Å². The maximum atomic E-state index is 14.6. The molecule has 0 radical (unpaired) electrons. The first-order chi connectivity index (χ1) is 15.8. The molecule has 1 amide bonds. The van der Waals surface area contributed by atoms with E-state index in [-0.39, 0.29) is 18.2 Å². The molecular weight excluding hydrogens is 430 g/mol. The number of allylic oxidation sites excluding steroid dienone is 1. The smallest absolute Gasteiger partial charge is 0.291 e. The van der Waals surface area contributed by atoms with E-state index in [1.54, 1.807) is 33.7 Å². The van der Waals surface area contributed by atoms with E-state index in [1.807, 2.05) is 6.92 Å². The van der Waals surface area contributed by atoms with Crippen LogP contribution in [0.2, 0.25) is 0 Å². The van der Waals surface area contributed by atoms with E-state index in [9.17, 15) is 18.7 Å². The van der Waals surface area contributed by atoms with Crippen LogP contribution in [0, 0.1) is 0 Å². The lowest BCUT2D eigenvalue weighted by molar-refractivity contribution is -0.0115. The maximum Gasteiger partial charge on any atom is 0.291 e. The van der Waals surface area contributed by atoms with Gasteiger partial charge in [-0.3, -0.25) is 9.36 Å². The molecule has 1 saturated heterocycles. The molecule has 2 aromatic rings. The Bertz CT molecular complexity index is 1030. The second kappa shape index (κ2) is 9.24. The minimum Gasteiger partial charge on any atom is -0.493 e. The zero-order valence-corrected chi connectivity index (χ0v) is 18.9. The van der Waals surface area contributed by atoms with Gasteiger partial charge in [-0.15, -0.1) is 6.58 Å². The summed E-state index contributed by atoms with van der Waals surface area (Å²) >= 11 is 0. The number of rotatable bonds is 7. The summed E-state index contributed by atoms with van der Waals surface area (Å²) in [4.78, 5) is 14.9. The molecule has 1 aromatic heterocycles. The monoisotopic (exact) mass is 461 g/mol. The van der Waals surface area contributed by atoms with Crippen LogP contribution in [0.3, 0.4) is 0 Å². The van der Waals surface area contributed by atoms with Crippen molar-refractivity contribution in [2.45, 2.75) is 32.4 Å². The minimum atomic E-state index is -2.96. The first-order valence-electron chi connectivity index (χ1n) is 11.3. The summed E-state index contributed by atoms with van der Waals surface area (Å²) in [7, 11) is 0. The van der Waals surface area contributed by atoms with Gasteiger partial charge in [0, 0.05) is 30.2 Å². The molecule has 0 unspecified atom stereocenters. The lowest BCUT2D eigenvalue weighted by Crippen LogP contribution is -2.70. The van der Waals surface area contributed by atoms with Crippen LogP contribution in [0.1, 0.15) is 35.0 Å². The molecular formula is C24H31F2N4O3+. The number of benzene rings is 1. The van der Waals surface area contributed by atoms with Crippen molar-refractivity contribution in [1.29, 1.82) is 0 Å². The van der Waals surface area contributed by atoms with Gasteiger partial charge in [-0.2, -0.15) is 18.8 Å². The third kappa shape index (κ3) is 4.28. The van der Waals surface area contributed by atoms with Crippen LogP contribution in [0.25, 0.3) is 0 Å². The first kappa shape index (κ1) is 23.4. The van der Waals surface area contributed by atoms with E-state index in [0.717, 1.165) is 5.82 Å². The molecule has 0 saturated carbocycles. The number of carbonyl (C=O) groups excluding carboxylic acids is 1. The van der Waals surface area contributed by atoms with Crippen LogP contribution in [-0.4, -0.2) is 59.8 Å². The number of alkyl halides is 2. The van der Waals surface area contributed by atoms with Crippen LogP contribution in [0.5, 0.6) is 5.75 Å². The normalized spacial score (nSPS) is 17.6. The third-order valence-corrected chi connectivity index (χ3v) is 6.50. The summed E-state index contributed by atoms with van der Waals surface area (Å²) in [6, 6.07) is 8.38. The van der Waals surface area contributed by atoms with E-state index in [0.29, 0.717) is 67.3 Å². The number of halogens is 2. The quantitative estimate of drug-likeness (QED) is 0.492. The molecule has 4 rings (SSSR count). The lowest BCUT2D eigenvalue weighted by atomic mass is 10.1. The molecule has 0 bridgehead atoms. The summed E-state index contributed by atoms with van der Waals surface area (Å²) in [6.07, 6.45) is 0.852. The van der Waals surface area contributed by atoms with E-state index in [1.165, 1.54) is 12.1 Å². The Morgan fingerprint density at radius 1 is 1.27 bits per heavy atom. The highest BCUT2D eigenvalue weighted by Crippen LogP contribution is 2.38. The fourth-order valence-electron chi connectivity index (χ4n) is 4.81. The second-order valence-electron chi connectivity index (χ2n) is 8.45. The SMILES string of the molecule is C=CCC(F)(F)c1ccc2n1CCN[N+]21CCN(C(=O)c2ccc(CO)c(OCC)c2)CC1. The number of quaternary nitrogens is 1. The first-order valence-corrected chi connectivity index (χ1v) is 11.3. The van der Waals surface area contributed by atoms with E-state index in [4.69, 9.17) is 4.74 Å². The van der Waals surface area contributed by atoms with Gasteiger partial charge in [0.2, 0.25) is 5.82 Å². The highest BCUT2D eigenvalue weighted by Gasteiger charge is 2.45. The van der Waals surface area contributed by atoms with Crippen molar-refractivity contribution in [3.05, 3.63) is 59.8 Å². The number of hydrogen-bond donors (Lipinski definition) is 2. The van der Waals surface area contributed by atoms with Gasteiger partial charge < -0.3 is 14.7 Å². The summed E-state index contributed by atoms with van der Waals surface area (Å²) < 4.78 is 36.9. The number of aromatic nitrogens is 1. The van der Waals surface area contributed by atoms with Crippen LogP contribution in [0.15, 0.2) is 43.0 Å². The summed E-state index contributed by atoms with van der Waals surface area (Å²) in [5, 5.41) is 9.49. The van der Waals surface area contributed by atoms with Crippen molar-refractivity contribution in [2.24, 2.45) is 0 Å². The predicted octanol–water partition coefficient (Wildman–Crippen LogP) is 3.03. The number of amides is 1. The molecule has 178 valence electrons. The molecule has 2 aliphatic rings. The Hall–Kier alpha value is -2.75. The van der Waals surface area contributed by atoms with Gasteiger partial charge in [-0.1, -0.05) is 12.1 Å². The number of hydrogen-bond acceptors (Lipinski definition) is 4. The summed E-state index contributed by atoms with van der Waals surface area (Å²) in [6.45, 7) is 8.78. The largest absolute Gasteiger partial charge is 0.493 e. The van der Waals surface area contributed by atoms with Crippen molar-refractivity contribution in [2.75, 3.05) is 39.3 Å². The Morgan fingerprint density at radius 2 is 2.03 bits per heavy atom. The third-order valence-electron chi connectivity index (χ3n) is 6.50. The molecule has 0 atom stereocenters. The van der Waals surface area contributed by atoms with Crippen LogP contribution >= 0.6 is 0 Å². The summed E-state index contributed by atoms with van der Waals surface area (Å²) in [5.41, 5.74) is 4.65. The van der Waals surface area contributed by atoms with Gasteiger partial charge in [0.25, 0.3) is 11.8 Å². The van der Waals surface area contributed by atoms with Gasteiger partial charge in [-0.05, 0) is 25.1 Å². The average Bonchev–Trinajstić information content (AvgIpc) is 3.26. The maximum absolute atomic E-state index is 14.6. The highest BCUT2D eigenvalue weighted by atomic mass is 19.3. The van der Waals surface area contributed by atoms with Crippen molar-refractivity contribution >= 4 is 11.7 Å². The minimum absolute atomic E-state index is 0.0160. The number of fused-ring (bicyclic) bond motifs is 2. The Labute approximate surface area is 192 Å². The zero-order valence-electron chi connectivity index (χ0n) is 18.9. The second-order valence-corrected chi connectivity index (χ2v) is 8.45.